The maximum Gasteiger partial charge on any atom is 0.416 e. The second-order valence-corrected chi connectivity index (χ2v) is 6.02. The zero-order chi connectivity index (χ0) is 16.2. The van der Waals surface area contributed by atoms with Crippen molar-refractivity contribution in [2.24, 2.45) is 0 Å². The molecule has 1 unspecified atom stereocenters. The summed E-state index contributed by atoms with van der Waals surface area (Å²) in [6.07, 6.45) is 1.33. The largest absolute Gasteiger partial charge is 0.416 e. The van der Waals surface area contributed by atoms with Crippen molar-refractivity contribution in [2.45, 2.75) is 51.2 Å². The lowest BCUT2D eigenvalue weighted by molar-refractivity contribution is -0.137. The van der Waals surface area contributed by atoms with Crippen LogP contribution in [0.1, 0.15) is 44.6 Å². The van der Waals surface area contributed by atoms with Crippen LogP contribution in [0.4, 0.5) is 18.9 Å². The van der Waals surface area contributed by atoms with Crippen LogP contribution in [-0.2, 0) is 6.18 Å². The van der Waals surface area contributed by atoms with Crippen LogP contribution >= 0.6 is 12.2 Å². The van der Waals surface area contributed by atoms with Crippen LogP contribution < -0.4 is 5.32 Å². The van der Waals surface area contributed by atoms with E-state index in [0.717, 1.165) is 44.4 Å². The number of hydrogen-bond acceptors (Lipinski definition) is 1. The molecule has 2 rings (SSSR count). The molecule has 0 saturated carbocycles. The summed E-state index contributed by atoms with van der Waals surface area (Å²) in [7, 11) is 0. The van der Waals surface area contributed by atoms with Gasteiger partial charge < -0.3 is 10.2 Å². The topological polar surface area (TPSA) is 15.3 Å². The van der Waals surface area contributed by atoms with Crippen LogP contribution in [0.3, 0.4) is 0 Å². The molecule has 2 nitrogen and oxygen atoms in total. The molecule has 0 amide bonds. The van der Waals surface area contributed by atoms with Gasteiger partial charge in [-0.1, -0.05) is 13.3 Å². The molecule has 1 aromatic rings. The van der Waals surface area contributed by atoms with Crippen LogP contribution in [0.2, 0.25) is 0 Å². The molecule has 1 fully saturated rings. The fourth-order valence-electron chi connectivity index (χ4n) is 2.84. The highest BCUT2D eigenvalue weighted by atomic mass is 32.1. The summed E-state index contributed by atoms with van der Waals surface area (Å²) in [5, 5.41) is 3.68. The van der Waals surface area contributed by atoms with Gasteiger partial charge in [0.1, 0.15) is 0 Å². The number of halogens is 3. The van der Waals surface area contributed by atoms with Crippen LogP contribution in [-0.4, -0.2) is 22.6 Å². The first-order valence-electron chi connectivity index (χ1n) is 7.66. The summed E-state index contributed by atoms with van der Waals surface area (Å²) in [6, 6.07) is 5.44. The van der Waals surface area contributed by atoms with E-state index in [-0.39, 0.29) is 0 Å². The van der Waals surface area contributed by atoms with Crippen molar-refractivity contribution in [3.63, 3.8) is 0 Å². The predicted octanol–water partition coefficient (Wildman–Crippen LogP) is 5.06. The minimum Gasteiger partial charge on any atom is -0.346 e. The Morgan fingerprint density at radius 3 is 2.55 bits per heavy atom. The molecular weight excluding hydrogens is 309 g/mol. The molecule has 1 N–H and O–H groups in total. The number of likely N-dealkylation sites (tertiary alicyclic amines) is 1. The maximum absolute atomic E-state index is 12.6. The summed E-state index contributed by atoms with van der Waals surface area (Å²) in [4.78, 5) is 2.18. The number of nitrogens with zero attached hydrogens (tertiary/aromatic N) is 1. The number of piperidine rings is 1. The lowest BCUT2D eigenvalue weighted by atomic mass is 9.99. The Hall–Kier alpha value is -1.30. The van der Waals surface area contributed by atoms with Crippen LogP contribution in [0.15, 0.2) is 24.3 Å². The van der Waals surface area contributed by atoms with Crippen molar-refractivity contribution in [1.29, 1.82) is 0 Å². The molecule has 0 bridgehead atoms. The number of nitrogens with one attached hydrogen (secondary N) is 1. The Morgan fingerprint density at radius 2 is 1.95 bits per heavy atom. The van der Waals surface area contributed by atoms with E-state index in [9.17, 15) is 13.2 Å². The predicted molar refractivity (Wildman–Crippen MR) is 86.9 cm³/mol. The molecule has 1 aliphatic heterocycles. The summed E-state index contributed by atoms with van der Waals surface area (Å²) >= 11 is 5.45. The summed E-state index contributed by atoms with van der Waals surface area (Å²) in [6.45, 7) is 3.07. The summed E-state index contributed by atoms with van der Waals surface area (Å²) in [5.74, 6) is 0. The van der Waals surface area contributed by atoms with Gasteiger partial charge in [0.25, 0.3) is 0 Å². The smallest absolute Gasteiger partial charge is 0.346 e. The van der Waals surface area contributed by atoms with Gasteiger partial charge in [-0.25, -0.2) is 0 Å². The molecule has 1 saturated heterocycles. The van der Waals surface area contributed by atoms with E-state index in [2.05, 4.69) is 17.1 Å². The van der Waals surface area contributed by atoms with Gasteiger partial charge in [-0.05, 0) is 62.2 Å². The monoisotopic (exact) mass is 330 g/mol. The molecule has 122 valence electrons. The molecular formula is C16H21F3N2S. The Bertz CT molecular complexity index is 497. The molecule has 0 aliphatic carbocycles. The molecule has 0 radical (unpaired) electrons. The first-order chi connectivity index (χ1) is 10.4. The van der Waals surface area contributed by atoms with Crippen molar-refractivity contribution >= 4 is 23.0 Å². The Labute approximate surface area is 134 Å². The second-order valence-electron chi connectivity index (χ2n) is 5.64. The molecule has 1 heterocycles. The SMILES string of the molecule is CCCC1CCCCN1C(=S)Nc1ccc(C(F)(F)F)cc1. The van der Waals surface area contributed by atoms with E-state index in [1.54, 1.807) is 0 Å². The fourth-order valence-corrected chi connectivity index (χ4v) is 3.20. The third-order valence-corrected chi connectivity index (χ3v) is 4.31. The average Bonchev–Trinajstić information content (AvgIpc) is 2.47. The molecule has 22 heavy (non-hydrogen) atoms. The van der Waals surface area contributed by atoms with E-state index in [1.807, 2.05) is 0 Å². The maximum atomic E-state index is 12.6. The van der Waals surface area contributed by atoms with Gasteiger partial charge in [-0.3, -0.25) is 0 Å². The number of thiocarbonyl (C=S) groups is 1. The standard InChI is InChI=1S/C16H21F3N2S/c1-2-5-14-6-3-4-11-21(14)15(22)20-13-9-7-12(8-10-13)16(17,18)19/h7-10,14H,2-6,11H2,1H3,(H,20,22). The highest BCUT2D eigenvalue weighted by molar-refractivity contribution is 7.80. The van der Waals surface area contributed by atoms with Gasteiger partial charge in [0.2, 0.25) is 0 Å². The quantitative estimate of drug-likeness (QED) is 0.780. The fraction of sp³-hybridized carbons (Fsp3) is 0.562. The number of hydrogen-bond donors (Lipinski definition) is 1. The van der Waals surface area contributed by atoms with Crippen molar-refractivity contribution in [2.75, 3.05) is 11.9 Å². The molecule has 1 atom stereocenters. The average molecular weight is 330 g/mol. The number of alkyl halides is 3. The minimum absolute atomic E-state index is 0.438. The number of anilines is 1. The van der Waals surface area contributed by atoms with Gasteiger partial charge in [0.15, 0.2) is 5.11 Å². The van der Waals surface area contributed by atoms with Crippen molar-refractivity contribution in [3.05, 3.63) is 29.8 Å². The van der Waals surface area contributed by atoms with Gasteiger partial charge >= 0.3 is 6.18 Å². The first-order valence-corrected chi connectivity index (χ1v) is 8.07. The van der Waals surface area contributed by atoms with Gasteiger partial charge in [-0.15, -0.1) is 0 Å². The van der Waals surface area contributed by atoms with Crippen LogP contribution in [0.5, 0.6) is 0 Å². The van der Waals surface area contributed by atoms with Gasteiger partial charge in [0.05, 0.1) is 5.56 Å². The third-order valence-electron chi connectivity index (χ3n) is 3.97. The normalized spacial score (nSPS) is 19.1. The van der Waals surface area contributed by atoms with Crippen molar-refractivity contribution in [1.82, 2.24) is 4.90 Å². The molecule has 1 aromatic carbocycles. The Balaban J connectivity index is 2.01. The minimum atomic E-state index is -4.31. The van der Waals surface area contributed by atoms with E-state index in [1.165, 1.54) is 18.6 Å². The van der Waals surface area contributed by atoms with E-state index >= 15 is 0 Å². The second kappa shape index (κ2) is 7.31. The van der Waals surface area contributed by atoms with Gasteiger partial charge in [0, 0.05) is 18.3 Å². The first kappa shape index (κ1) is 17.1. The van der Waals surface area contributed by atoms with E-state index in [4.69, 9.17) is 12.2 Å². The molecule has 6 heteroatoms. The lowest BCUT2D eigenvalue weighted by Crippen LogP contribution is -2.45. The molecule has 1 aliphatic rings. The molecule has 0 spiro atoms. The summed E-state index contributed by atoms with van der Waals surface area (Å²) < 4.78 is 37.7. The highest BCUT2D eigenvalue weighted by Gasteiger charge is 2.30. The van der Waals surface area contributed by atoms with Crippen LogP contribution in [0.25, 0.3) is 0 Å². The van der Waals surface area contributed by atoms with Crippen LogP contribution in [0, 0.1) is 0 Å². The van der Waals surface area contributed by atoms with Gasteiger partial charge in [-0.2, -0.15) is 13.2 Å². The Morgan fingerprint density at radius 1 is 1.27 bits per heavy atom. The van der Waals surface area contributed by atoms with E-state index < -0.39 is 11.7 Å². The van der Waals surface area contributed by atoms with Crippen molar-refractivity contribution < 1.29 is 13.2 Å². The zero-order valence-corrected chi connectivity index (χ0v) is 13.4. The Kier molecular flexibility index (Phi) is 5.67. The molecule has 0 aromatic heterocycles. The summed E-state index contributed by atoms with van der Waals surface area (Å²) in [5.41, 5.74) is -0.0513. The number of benzene rings is 1. The lowest BCUT2D eigenvalue weighted by Gasteiger charge is -2.37. The van der Waals surface area contributed by atoms with Crippen molar-refractivity contribution in [3.8, 4) is 0 Å². The third kappa shape index (κ3) is 4.35. The zero-order valence-electron chi connectivity index (χ0n) is 12.6. The number of rotatable bonds is 3. The van der Waals surface area contributed by atoms with E-state index in [0.29, 0.717) is 16.8 Å². The highest BCUT2D eigenvalue weighted by Crippen LogP contribution is 2.30.